The van der Waals surface area contributed by atoms with Crippen molar-refractivity contribution in [3.63, 3.8) is 0 Å². The molecule has 3 nitrogen and oxygen atoms in total. The van der Waals surface area contributed by atoms with Gasteiger partial charge in [0.2, 0.25) is 0 Å². The number of benzene rings is 1. The van der Waals surface area contributed by atoms with E-state index in [0.29, 0.717) is 0 Å². The topological polar surface area (TPSA) is 30.5 Å². The van der Waals surface area contributed by atoms with E-state index in [2.05, 4.69) is 39.1 Å². The maximum absolute atomic E-state index is 5.50. The van der Waals surface area contributed by atoms with Crippen molar-refractivity contribution in [1.29, 1.82) is 0 Å². The molecule has 0 saturated carbocycles. The molecule has 0 aliphatic rings. The number of hydrogen-bond acceptors (Lipinski definition) is 4. The van der Waals surface area contributed by atoms with Crippen LogP contribution in [0.25, 0.3) is 0 Å². The average molecular weight is 297 g/mol. The second kappa shape index (κ2) is 7.79. The lowest BCUT2D eigenvalue weighted by Gasteiger charge is -2.25. The van der Waals surface area contributed by atoms with Gasteiger partial charge in [-0.3, -0.25) is 0 Å². The van der Waals surface area contributed by atoms with Gasteiger partial charge in [0.25, 0.3) is 0 Å². The minimum Gasteiger partial charge on any atom is -0.497 e. The molecule has 4 heteroatoms. The molecule has 1 N–H and O–H groups in total. The second-order valence-corrected chi connectivity index (χ2v) is 7.49. The Hall–Kier alpha value is -0.870. The highest BCUT2D eigenvalue weighted by atomic mass is 32.2. The van der Waals surface area contributed by atoms with Gasteiger partial charge in [0.1, 0.15) is 11.5 Å². The summed E-state index contributed by atoms with van der Waals surface area (Å²) in [5.41, 5.74) is 1.16. The second-order valence-electron chi connectivity index (χ2n) is 5.64. The summed E-state index contributed by atoms with van der Waals surface area (Å²) in [4.78, 5) is 0. The molecule has 0 aliphatic heterocycles. The van der Waals surface area contributed by atoms with Crippen LogP contribution >= 0.6 is 11.8 Å². The van der Waals surface area contributed by atoms with Crippen molar-refractivity contribution >= 4 is 11.8 Å². The molecule has 0 fully saturated rings. The van der Waals surface area contributed by atoms with Crippen LogP contribution in [0.1, 0.15) is 39.3 Å². The molecule has 0 bridgehead atoms. The van der Waals surface area contributed by atoms with Gasteiger partial charge < -0.3 is 14.8 Å². The van der Waals surface area contributed by atoms with E-state index in [1.54, 1.807) is 14.2 Å². The summed E-state index contributed by atoms with van der Waals surface area (Å²) >= 11 is 1.95. The zero-order chi connectivity index (χ0) is 15.2. The van der Waals surface area contributed by atoms with Gasteiger partial charge in [0.15, 0.2) is 0 Å². The highest BCUT2D eigenvalue weighted by Crippen LogP contribution is 2.34. The summed E-state index contributed by atoms with van der Waals surface area (Å²) in [6.07, 6.45) is 0. The number of thioether (sulfide) groups is 1. The first kappa shape index (κ1) is 17.2. The first-order chi connectivity index (χ1) is 9.41. The Morgan fingerprint density at radius 1 is 1.20 bits per heavy atom. The lowest BCUT2D eigenvalue weighted by Crippen LogP contribution is -2.25. The zero-order valence-corrected chi connectivity index (χ0v) is 14.3. The van der Waals surface area contributed by atoms with Gasteiger partial charge in [-0.05, 0) is 24.7 Å². The third-order valence-corrected chi connectivity index (χ3v) is 4.31. The molecule has 0 aromatic heterocycles. The summed E-state index contributed by atoms with van der Waals surface area (Å²) in [5, 5.41) is 3.54. The smallest absolute Gasteiger partial charge is 0.123 e. The minimum absolute atomic E-state index is 0.250. The van der Waals surface area contributed by atoms with Crippen molar-refractivity contribution in [2.75, 3.05) is 26.5 Å². The maximum atomic E-state index is 5.50. The third kappa shape index (κ3) is 5.25. The Morgan fingerprint density at radius 2 is 1.90 bits per heavy atom. The molecule has 0 spiro atoms. The molecule has 114 valence electrons. The lowest BCUT2D eigenvalue weighted by atomic mass is 10.1. The van der Waals surface area contributed by atoms with Crippen molar-refractivity contribution in [2.24, 2.45) is 0 Å². The third-order valence-electron chi connectivity index (χ3n) is 2.95. The van der Waals surface area contributed by atoms with Crippen LogP contribution in [0.15, 0.2) is 18.2 Å². The molecule has 20 heavy (non-hydrogen) atoms. The predicted molar refractivity (Wildman–Crippen MR) is 88.2 cm³/mol. The van der Waals surface area contributed by atoms with E-state index in [-0.39, 0.29) is 10.8 Å². The molecule has 0 aliphatic carbocycles. The van der Waals surface area contributed by atoms with Crippen molar-refractivity contribution in [2.45, 2.75) is 38.5 Å². The highest BCUT2D eigenvalue weighted by Gasteiger charge is 2.20. The molecule has 1 aromatic carbocycles. The summed E-state index contributed by atoms with van der Waals surface area (Å²) in [6.45, 7) is 9.77. The molecule has 0 radical (unpaired) electrons. The number of rotatable bonds is 7. The van der Waals surface area contributed by atoms with Crippen LogP contribution in [-0.2, 0) is 0 Å². The Morgan fingerprint density at radius 3 is 2.40 bits per heavy atom. The number of hydrogen-bond donors (Lipinski definition) is 1. The van der Waals surface area contributed by atoms with Crippen molar-refractivity contribution in [3.05, 3.63) is 23.8 Å². The normalized spacial score (nSPS) is 13.1. The van der Waals surface area contributed by atoms with E-state index in [1.165, 1.54) is 0 Å². The minimum atomic E-state index is 0.250. The van der Waals surface area contributed by atoms with E-state index in [0.717, 1.165) is 29.4 Å². The first-order valence-electron chi connectivity index (χ1n) is 7.00. The quantitative estimate of drug-likeness (QED) is 0.827. The lowest BCUT2D eigenvalue weighted by molar-refractivity contribution is 0.393. The Kier molecular flexibility index (Phi) is 6.69. The fourth-order valence-corrected chi connectivity index (χ4v) is 2.91. The van der Waals surface area contributed by atoms with Gasteiger partial charge in [0.05, 0.1) is 14.2 Å². The summed E-state index contributed by atoms with van der Waals surface area (Å²) < 4.78 is 11.1. The molecule has 1 aromatic rings. The summed E-state index contributed by atoms with van der Waals surface area (Å²) in [7, 11) is 3.41. The molecule has 1 rings (SSSR count). The molecular weight excluding hydrogens is 270 g/mol. The summed E-state index contributed by atoms with van der Waals surface area (Å²) in [5.74, 6) is 2.77. The van der Waals surface area contributed by atoms with Gasteiger partial charge in [-0.1, -0.05) is 27.7 Å². The van der Waals surface area contributed by atoms with E-state index in [4.69, 9.17) is 9.47 Å². The highest BCUT2D eigenvalue weighted by molar-refractivity contribution is 8.00. The predicted octanol–water partition coefficient (Wildman–Crippen LogP) is 3.89. The summed E-state index contributed by atoms with van der Waals surface area (Å²) in [6, 6.07) is 6.23. The maximum Gasteiger partial charge on any atom is 0.123 e. The largest absolute Gasteiger partial charge is 0.497 e. The van der Waals surface area contributed by atoms with Crippen LogP contribution in [0, 0.1) is 0 Å². The standard InChI is InChI=1S/C16H27NO2S/c1-7-17-14(11-20-16(2,3)4)13-10-12(18-5)8-9-15(13)19-6/h8-10,14,17H,7,11H2,1-6H3. The van der Waals surface area contributed by atoms with Gasteiger partial charge in [0, 0.05) is 22.1 Å². The molecule has 1 atom stereocenters. The van der Waals surface area contributed by atoms with E-state index in [9.17, 15) is 0 Å². The number of methoxy groups -OCH3 is 2. The van der Waals surface area contributed by atoms with Crippen LogP contribution in [0.5, 0.6) is 11.5 Å². The van der Waals surface area contributed by atoms with Crippen LogP contribution in [0.3, 0.4) is 0 Å². The number of nitrogens with one attached hydrogen (secondary N) is 1. The average Bonchev–Trinajstić information content (AvgIpc) is 2.41. The van der Waals surface area contributed by atoms with Gasteiger partial charge >= 0.3 is 0 Å². The Bertz CT molecular complexity index is 415. The fraction of sp³-hybridized carbons (Fsp3) is 0.625. The van der Waals surface area contributed by atoms with Gasteiger partial charge in [-0.2, -0.15) is 11.8 Å². The molecule has 0 heterocycles. The molecule has 0 saturated heterocycles. The molecular formula is C16H27NO2S. The van der Waals surface area contributed by atoms with Gasteiger partial charge in [-0.15, -0.1) is 0 Å². The first-order valence-corrected chi connectivity index (χ1v) is 7.99. The molecule has 1 unspecified atom stereocenters. The van der Waals surface area contributed by atoms with Crippen molar-refractivity contribution in [1.82, 2.24) is 5.32 Å². The van der Waals surface area contributed by atoms with Crippen LogP contribution < -0.4 is 14.8 Å². The van der Waals surface area contributed by atoms with Crippen LogP contribution in [0.4, 0.5) is 0 Å². The SMILES string of the molecule is CCNC(CSC(C)(C)C)c1cc(OC)ccc1OC. The van der Waals surface area contributed by atoms with E-state index in [1.807, 2.05) is 23.9 Å². The van der Waals surface area contributed by atoms with Crippen molar-refractivity contribution in [3.8, 4) is 11.5 Å². The van der Waals surface area contributed by atoms with Crippen LogP contribution in [-0.4, -0.2) is 31.3 Å². The van der Waals surface area contributed by atoms with Crippen molar-refractivity contribution < 1.29 is 9.47 Å². The number of ether oxygens (including phenoxy) is 2. The zero-order valence-electron chi connectivity index (χ0n) is 13.4. The molecule has 0 amide bonds. The van der Waals surface area contributed by atoms with Crippen LogP contribution in [0.2, 0.25) is 0 Å². The fourth-order valence-electron chi connectivity index (χ4n) is 1.95. The Labute approximate surface area is 127 Å². The van der Waals surface area contributed by atoms with E-state index < -0.39 is 0 Å². The monoisotopic (exact) mass is 297 g/mol. The van der Waals surface area contributed by atoms with E-state index >= 15 is 0 Å². The Balaban J connectivity index is 2.99. The van der Waals surface area contributed by atoms with Gasteiger partial charge in [-0.25, -0.2) is 0 Å².